The molecular formula is C15H16FN3O2. The monoisotopic (exact) mass is 289 g/mol. The summed E-state index contributed by atoms with van der Waals surface area (Å²) in [6, 6.07) is 6.64. The van der Waals surface area contributed by atoms with E-state index >= 15 is 0 Å². The smallest absolute Gasteiger partial charge is 0.269 e. The van der Waals surface area contributed by atoms with Crippen LogP contribution in [0.15, 0.2) is 41.3 Å². The third-order valence-corrected chi connectivity index (χ3v) is 3.23. The average Bonchev–Trinajstić information content (AvgIpc) is 2.49. The fourth-order valence-electron chi connectivity index (χ4n) is 1.80. The molecule has 2 rings (SSSR count). The van der Waals surface area contributed by atoms with Crippen molar-refractivity contribution in [3.63, 3.8) is 0 Å². The van der Waals surface area contributed by atoms with E-state index in [1.54, 1.807) is 6.20 Å². The SMILES string of the molecule is CCN(C)c1cnn(CC(=O)c2ccc(F)cc2)c(=O)c1. The lowest BCUT2D eigenvalue weighted by Gasteiger charge is -2.16. The Hall–Kier alpha value is -2.50. The van der Waals surface area contributed by atoms with Crippen molar-refractivity contribution in [2.75, 3.05) is 18.5 Å². The molecule has 0 saturated heterocycles. The molecule has 2 aromatic rings. The van der Waals surface area contributed by atoms with Crippen LogP contribution in [0.4, 0.5) is 10.1 Å². The highest BCUT2D eigenvalue weighted by Gasteiger charge is 2.10. The summed E-state index contributed by atoms with van der Waals surface area (Å²) in [7, 11) is 1.85. The second kappa shape index (κ2) is 6.30. The first kappa shape index (κ1) is 14.9. The van der Waals surface area contributed by atoms with Crippen LogP contribution in [0.5, 0.6) is 0 Å². The van der Waals surface area contributed by atoms with E-state index in [4.69, 9.17) is 0 Å². The zero-order valence-corrected chi connectivity index (χ0v) is 11.9. The van der Waals surface area contributed by atoms with E-state index in [9.17, 15) is 14.0 Å². The van der Waals surface area contributed by atoms with Gasteiger partial charge in [0.15, 0.2) is 5.78 Å². The lowest BCUT2D eigenvalue weighted by molar-refractivity contribution is 0.0965. The van der Waals surface area contributed by atoms with Crippen LogP contribution in [0.3, 0.4) is 0 Å². The van der Waals surface area contributed by atoms with Gasteiger partial charge in [0.1, 0.15) is 12.4 Å². The van der Waals surface area contributed by atoms with Crippen LogP contribution in [0.25, 0.3) is 0 Å². The minimum atomic E-state index is -0.409. The van der Waals surface area contributed by atoms with Crippen molar-refractivity contribution in [3.8, 4) is 0 Å². The van der Waals surface area contributed by atoms with Gasteiger partial charge in [0.2, 0.25) is 0 Å². The van der Waals surface area contributed by atoms with Crippen LogP contribution < -0.4 is 10.5 Å². The topological polar surface area (TPSA) is 55.2 Å². The minimum Gasteiger partial charge on any atom is -0.373 e. The number of anilines is 1. The number of nitrogens with zero attached hydrogens (tertiary/aromatic N) is 3. The quantitative estimate of drug-likeness (QED) is 0.787. The maximum absolute atomic E-state index is 12.8. The molecule has 5 nitrogen and oxygen atoms in total. The molecule has 0 spiro atoms. The van der Waals surface area contributed by atoms with E-state index in [1.165, 1.54) is 30.3 Å². The van der Waals surface area contributed by atoms with Crippen LogP contribution in [-0.4, -0.2) is 29.2 Å². The number of carbonyl (C=O) groups is 1. The highest BCUT2D eigenvalue weighted by molar-refractivity contribution is 5.95. The summed E-state index contributed by atoms with van der Waals surface area (Å²) in [6.07, 6.45) is 1.54. The van der Waals surface area contributed by atoms with Gasteiger partial charge in [-0.05, 0) is 31.2 Å². The first-order valence-electron chi connectivity index (χ1n) is 6.58. The number of halogens is 1. The van der Waals surface area contributed by atoms with Gasteiger partial charge in [-0.1, -0.05) is 0 Å². The maximum atomic E-state index is 12.8. The van der Waals surface area contributed by atoms with E-state index in [0.717, 1.165) is 11.2 Å². The summed E-state index contributed by atoms with van der Waals surface area (Å²) in [5.74, 6) is -0.699. The summed E-state index contributed by atoms with van der Waals surface area (Å²) in [4.78, 5) is 25.8. The Morgan fingerprint density at radius 2 is 2.00 bits per heavy atom. The number of ketones is 1. The Bertz CT molecular complexity index is 695. The third-order valence-electron chi connectivity index (χ3n) is 3.23. The highest BCUT2D eigenvalue weighted by atomic mass is 19.1. The molecule has 1 heterocycles. The van der Waals surface area contributed by atoms with Gasteiger partial charge >= 0.3 is 0 Å². The Kier molecular flexibility index (Phi) is 4.47. The first-order chi connectivity index (χ1) is 10.0. The van der Waals surface area contributed by atoms with E-state index in [2.05, 4.69) is 5.10 Å². The lowest BCUT2D eigenvalue weighted by atomic mass is 10.1. The molecule has 21 heavy (non-hydrogen) atoms. The predicted molar refractivity (Wildman–Crippen MR) is 78.2 cm³/mol. The fraction of sp³-hybridized carbons (Fsp3) is 0.267. The van der Waals surface area contributed by atoms with Crippen LogP contribution in [0, 0.1) is 5.82 Å². The normalized spacial score (nSPS) is 10.4. The Morgan fingerprint density at radius 1 is 1.33 bits per heavy atom. The molecule has 0 N–H and O–H groups in total. The molecule has 0 aliphatic carbocycles. The molecule has 6 heteroatoms. The van der Waals surface area contributed by atoms with Gasteiger partial charge in [0.05, 0.1) is 11.9 Å². The van der Waals surface area contributed by atoms with Crippen molar-refractivity contribution in [3.05, 3.63) is 58.3 Å². The number of rotatable bonds is 5. The Balaban J connectivity index is 2.18. The summed E-state index contributed by atoms with van der Waals surface area (Å²) in [6.45, 7) is 2.55. The minimum absolute atomic E-state index is 0.166. The van der Waals surface area contributed by atoms with E-state index < -0.39 is 5.82 Å². The van der Waals surface area contributed by atoms with Gasteiger partial charge < -0.3 is 4.90 Å². The number of hydrogen-bond acceptors (Lipinski definition) is 4. The van der Waals surface area contributed by atoms with Crippen molar-refractivity contribution < 1.29 is 9.18 Å². The van der Waals surface area contributed by atoms with Gasteiger partial charge in [0, 0.05) is 25.2 Å². The van der Waals surface area contributed by atoms with Crippen molar-refractivity contribution in [2.45, 2.75) is 13.5 Å². The van der Waals surface area contributed by atoms with Crippen molar-refractivity contribution in [1.29, 1.82) is 0 Å². The van der Waals surface area contributed by atoms with Crippen LogP contribution in [0.2, 0.25) is 0 Å². The summed E-state index contributed by atoms with van der Waals surface area (Å²) in [5, 5.41) is 4.00. The largest absolute Gasteiger partial charge is 0.373 e. The summed E-state index contributed by atoms with van der Waals surface area (Å²) >= 11 is 0. The molecule has 0 saturated carbocycles. The zero-order chi connectivity index (χ0) is 15.4. The van der Waals surface area contributed by atoms with Gasteiger partial charge in [-0.2, -0.15) is 5.10 Å². The molecule has 1 aromatic heterocycles. The van der Waals surface area contributed by atoms with Crippen molar-refractivity contribution in [1.82, 2.24) is 9.78 Å². The fourth-order valence-corrected chi connectivity index (χ4v) is 1.80. The molecule has 0 unspecified atom stereocenters. The first-order valence-corrected chi connectivity index (χ1v) is 6.58. The predicted octanol–water partition coefficient (Wildman–Crippen LogP) is 1.72. The molecule has 0 radical (unpaired) electrons. The summed E-state index contributed by atoms with van der Waals surface area (Å²) < 4.78 is 13.9. The van der Waals surface area contributed by atoms with Gasteiger partial charge in [-0.15, -0.1) is 0 Å². The van der Waals surface area contributed by atoms with E-state index in [1.807, 2.05) is 18.9 Å². The van der Waals surface area contributed by atoms with Crippen molar-refractivity contribution in [2.24, 2.45) is 0 Å². The van der Waals surface area contributed by atoms with Crippen molar-refractivity contribution >= 4 is 11.5 Å². The van der Waals surface area contributed by atoms with Crippen LogP contribution >= 0.6 is 0 Å². The van der Waals surface area contributed by atoms with Gasteiger partial charge in [-0.3, -0.25) is 9.59 Å². The van der Waals surface area contributed by atoms with Crippen LogP contribution in [-0.2, 0) is 6.54 Å². The number of benzene rings is 1. The van der Waals surface area contributed by atoms with Gasteiger partial charge in [0.25, 0.3) is 5.56 Å². The molecule has 0 atom stereocenters. The molecule has 0 fully saturated rings. The number of hydrogen-bond donors (Lipinski definition) is 0. The Morgan fingerprint density at radius 3 is 2.57 bits per heavy atom. The molecule has 0 bridgehead atoms. The van der Waals surface area contributed by atoms with E-state index in [-0.39, 0.29) is 17.9 Å². The average molecular weight is 289 g/mol. The molecule has 0 amide bonds. The molecule has 0 aliphatic rings. The number of carbonyl (C=O) groups excluding carboxylic acids is 1. The van der Waals surface area contributed by atoms with E-state index in [0.29, 0.717) is 11.3 Å². The number of Topliss-reactive ketones (excluding diaryl/α,β-unsaturated/α-hetero) is 1. The third kappa shape index (κ3) is 3.53. The van der Waals surface area contributed by atoms with Crippen LogP contribution in [0.1, 0.15) is 17.3 Å². The molecular weight excluding hydrogens is 273 g/mol. The second-order valence-electron chi connectivity index (χ2n) is 4.65. The molecule has 1 aromatic carbocycles. The maximum Gasteiger partial charge on any atom is 0.269 e. The molecule has 0 aliphatic heterocycles. The summed E-state index contributed by atoms with van der Waals surface area (Å²) in [5.41, 5.74) is 0.705. The zero-order valence-electron chi connectivity index (χ0n) is 11.9. The second-order valence-corrected chi connectivity index (χ2v) is 4.65. The Labute approximate surface area is 121 Å². The van der Waals surface area contributed by atoms with Gasteiger partial charge in [-0.25, -0.2) is 9.07 Å². The number of aromatic nitrogens is 2. The highest BCUT2D eigenvalue weighted by Crippen LogP contribution is 2.07. The lowest BCUT2D eigenvalue weighted by Crippen LogP contribution is -2.28. The standard InChI is InChI=1S/C15H16FN3O2/c1-3-18(2)13-8-15(21)19(17-9-13)10-14(20)11-4-6-12(16)7-5-11/h4-9H,3,10H2,1-2H3. The molecule has 110 valence electrons.